The van der Waals surface area contributed by atoms with Crippen molar-refractivity contribution in [1.82, 2.24) is 5.16 Å². The molecule has 0 unspecified atom stereocenters. The maximum absolute atomic E-state index is 12.2. The predicted octanol–water partition coefficient (Wildman–Crippen LogP) is 2.01. The van der Waals surface area contributed by atoms with Crippen LogP contribution in [0, 0.1) is 0 Å². The molecule has 0 atom stereocenters. The Morgan fingerprint density at radius 3 is 2.41 bits per heavy atom. The van der Waals surface area contributed by atoms with Crippen LogP contribution in [0.3, 0.4) is 0 Å². The number of hydrogen-bond donors (Lipinski definition) is 0. The molecule has 0 saturated heterocycles. The lowest BCUT2D eigenvalue weighted by Crippen LogP contribution is -2.20. The van der Waals surface area contributed by atoms with E-state index in [4.69, 9.17) is 4.52 Å². The van der Waals surface area contributed by atoms with Gasteiger partial charge in [0.25, 0.3) is 0 Å². The second-order valence-corrected chi connectivity index (χ2v) is 3.89. The van der Waals surface area contributed by atoms with E-state index in [1.165, 1.54) is 0 Å². The first kappa shape index (κ1) is 9.96. The number of hydrogen-bond acceptors (Lipinski definition) is 4. The minimum atomic E-state index is -0.262. The Morgan fingerprint density at radius 1 is 1.12 bits per heavy atom. The molecule has 0 amide bonds. The minimum Gasteiger partial charge on any atom is -0.352 e. The van der Waals surface area contributed by atoms with Crippen LogP contribution < -0.4 is 0 Å². The highest BCUT2D eigenvalue weighted by Gasteiger charge is 2.35. The molecule has 17 heavy (non-hydrogen) atoms. The third kappa shape index (κ3) is 1.21. The van der Waals surface area contributed by atoms with Crippen LogP contribution in [0.1, 0.15) is 44.7 Å². The first-order chi connectivity index (χ1) is 8.24. The van der Waals surface area contributed by atoms with Crippen LogP contribution in [0.15, 0.2) is 28.8 Å². The number of carbonyl (C=O) groups is 2. The Balaban J connectivity index is 2.31. The van der Waals surface area contributed by atoms with Crippen LogP contribution >= 0.6 is 0 Å². The van der Waals surface area contributed by atoms with Gasteiger partial charge in [-0.2, -0.15) is 0 Å². The van der Waals surface area contributed by atoms with E-state index in [1.807, 2.05) is 6.92 Å². The number of benzene rings is 1. The first-order valence-corrected chi connectivity index (χ1v) is 5.41. The molecule has 1 aliphatic carbocycles. The average Bonchev–Trinajstić information content (AvgIpc) is 2.80. The predicted molar refractivity (Wildman–Crippen MR) is 59.2 cm³/mol. The summed E-state index contributed by atoms with van der Waals surface area (Å²) >= 11 is 0. The number of carbonyl (C=O) groups excluding carboxylic acids is 2. The zero-order valence-corrected chi connectivity index (χ0v) is 9.19. The lowest BCUT2D eigenvalue weighted by Gasteiger charge is -2.12. The molecule has 0 spiro atoms. The standard InChI is InChI=1S/C13H9NO3/c1-2-9-10-11(15)7-5-3-4-6-8(7)12(16)13(10)17-14-9/h3-6H,2H2,1H3. The summed E-state index contributed by atoms with van der Waals surface area (Å²) in [6.45, 7) is 1.87. The molecule has 0 N–H and O–H groups in total. The molecule has 1 aliphatic rings. The van der Waals surface area contributed by atoms with Crippen molar-refractivity contribution >= 4 is 11.6 Å². The maximum Gasteiger partial charge on any atom is 0.232 e. The summed E-state index contributed by atoms with van der Waals surface area (Å²) in [5, 5.41) is 3.78. The molecule has 3 rings (SSSR count). The molecule has 4 nitrogen and oxygen atoms in total. The number of aryl methyl sites for hydroxylation is 1. The van der Waals surface area contributed by atoms with Gasteiger partial charge in [-0.25, -0.2) is 0 Å². The van der Waals surface area contributed by atoms with Gasteiger partial charge in [-0.1, -0.05) is 36.3 Å². The Bertz CT molecular complexity index is 640. The fourth-order valence-electron chi connectivity index (χ4n) is 2.09. The second kappa shape index (κ2) is 3.38. The van der Waals surface area contributed by atoms with E-state index < -0.39 is 0 Å². The number of aromatic nitrogens is 1. The van der Waals surface area contributed by atoms with Crippen LogP contribution in [0.25, 0.3) is 0 Å². The molecule has 0 fully saturated rings. The number of fused-ring (bicyclic) bond motifs is 2. The summed E-state index contributed by atoms with van der Waals surface area (Å²) in [4.78, 5) is 24.3. The van der Waals surface area contributed by atoms with Gasteiger partial charge in [-0.3, -0.25) is 9.59 Å². The summed E-state index contributed by atoms with van der Waals surface area (Å²) in [6, 6.07) is 6.76. The monoisotopic (exact) mass is 227 g/mol. The van der Waals surface area contributed by atoms with Gasteiger partial charge in [0, 0.05) is 11.1 Å². The van der Waals surface area contributed by atoms with Crippen molar-refractivity contribution in [3.05, 3.63) is 52.4 Å². The summed E-state index contributed by atoms with van der Waals surface area (Å²) in [6.07, 6.45) is 0.569. The molecule has 1 aromatic heterocycles. The third-order valence-corrected chi connectivity index (χ3v) is 2.95. The first-order valence-electron chi connectivity index (χ1n) is 5.41. The molecular weight excluding hydrogens is 218 g/mol. The molecule has 1 aromatic carbocycles. The van der Waals surface area contributed by atoms with Gasteiger partial charge in [-0.15, -0.1) is 0 Å². The SMILES string of the molecule is CCc1noc2c1C(=O)c1ccccc1C2=O. The summed E-state index contributed by atoms with van der Waals surface area (Å²) in [5.41, 5.74) is 1.70. The van der Waals surface area contributed by atoms with E-state index in [1.54, 1.807) is 24.3 Å². The summed E-state index contributed by atoms with van der Waals surface area (Å²) < 4.78 is 5.00. The largest absolute Gasteiger partial charge is 0.352 e. The second-order valence-electron chi connectivity index (χ2n) is 3.89. The Labute approximate surface area is 97.2 Å². The summed E-state index contributed by atoms with van der Waals surface area (Å²) in [7, 11) is 0. The van der Waals surface area contributed by atoms with Gasteiger partial charge in [0.1, 0.15) is 0 Å². The van der Waals surface area contributed by atoms with Crippen LogP contribution in [0.4, 0.5) is 0 Å². The number of rotatable bonds is 1. The van der Waals surface area contributed by atoms with Crippen molar-refractivity contribution in [2.24, 2.45) is 0 Å². The highest BCUT2D eigenvalue weighted by Crippen LogP contribution is 2.29. The van der Waals surface area contributed by atoms with Crippen molar-refractivity contribution in [2.45, 2.75) is 13.3 Å². The third-order valence-electron chi connectivity index (χ3n) is 2.95. The number of nitrogens with zero attached hydrogens (tertiary/aromatic N) is 1. The maximum atomic E-state index is 12.2. The highest BCUT2D eigenvalue weighted by molar-refractivity contribution is 6.27. The molecule has 0 bridgehead atoms. The molecule has 84 valence electrons. The van der Waals surface area contributed by atoms with Crippen LogP contribution in [0.5, 0.6) is 0 Å². The zero-order chi connectivity index (χ0) is 12.0. The van der Waals surface area contributed by atoms with Gasteiger partial charge < -0.3 is 4.52 Å². The van der Waals surface area contributed by atoms with Gasteiger partial charge in [0.2, 0.25) is 11.5 Å². The van der Waals surface area contributed by atoms with Gasteiger partial charge >= 0.3 is 0 Å². The average molecular weight is 227 g/mol. The highest BCUT2D eigenvalue weighted by atomic mass is 16.5. The van der Waals surface area contributed by atoms with E-state index in [9.17, 15) is 9.59 Å². The molecule has 1 heterocycles. The van der Waals surface area contributed by atoms with Crippen molar-refractivity contribution in [3.63, 3.8) is 0 Å². The van der Waals surface area contributed by atoms with Gasteiger partial charge in [-0.05, 0) is 6.42 Å². The van der Waals surface area contributed by atoms with Crippen molar-refractivity contribution in [2.75, 3.05) is 0 Å². The molecule has 0 saturated carbocycles. The van der Waals surface area contributed by atoms with Crippen molar-refractivity contribution < 1.29 is 14.1 Å². The van der Waals surface area contributed by atoms with E-state index in [0.717, 1.165) is 0 Å². The van der Waals surface area contributed by atoms with Crippen LogP contribution in [0.2, 0.25) is 0 Å². The van der Waals surface area contributed by atoms with E-state index >= 15 is 0 Å². The summed E-state index contributed by atoms with van der Waals surface area (Å²) in [5.74, 6) is -0.360. The van der Waals surface area contributed by atoms with Gasteiger partial charge in [0.05, 0.1) is 11.3 Å². The van der Waals surface area contributed by atoms with E-state index in [2.05, 4.69) is 5.16 Å². The lowest BCUT2D eigenvalue weighted by atomic mass is 9.87. The van der Waals surface area contributed by atoms with Gasteiger partial charge in [0.15, 0.2) is 5.78 Å². The molecule has 0 radical (unpaired) electrons. The van der Waals surface area contributed by atoms with Crippen LogP contribution in [-0.2, 0) is 6.42 Å². The fourth-order valence-corrected chi connectivity index (χ4v) is 2.09. The Kier molecular flexibility index (Phi) is 1.98. The number of ketones is 2. The van der Waals surface area contributed by atoms with E-state index in [-0.39, 0.29) is 17.3 Å². The van der Waals surface area contributed by atoms with Crippen molar-refractivity contribution in [1.29, 1.82) is 0 Å². The molecule has 0 aliphatic heterocycles. The molecule has 4 heteroatoms. The Hall–Kier alpha value is -2.23. The lowest BCUT2D eigenvalue weighted by molar-refractivity contribution is 0.0955. The minimum absolute atomic E-state index is 0.0746. The topological polar surface area (TPSA) is 60.2 Å². The fraction of sp³-hybridized carbons (Fsp3) is 0.154. The quantitative estimate of drug-likeness (QED) is 0.638. The normalized spacial score (nSPS) is 13.5. The Morgan fingerprint density at radius 2 is 1.76 bits per heavy atom. The smallest absolute Gasteiger partial charge is 0.232 e. The molecule has 2 aromatic rings. The van der Waals surface area contributed by atoms with Crippen molar-refractivity contribution in [3.8, 4) is 0 Å². The van der Waals surface area contributed by atoms with Crippen LogP contribution in [-0.4, -0.2) is 16.7 Å². The van der Waals surface area contributed by atoms with E-state index in [0.29, 0.717) is 28.8 Å². The zero-order valence-electron chi connectivity index (χ0n) is 9.19. The molecular formula is C13H9NO3.